The Labute approximate surface area is 403 Å². The smallest absolute Gasteiger partial charge is 0.306 e. The molecular formula is C60H90O6. The number of esters is 3. The Morgan fingerprint density at radius 3 is 1.05 bits per heavy atom. The zero-order valence-corrected chi connectivity index (χ0v) is 41.6. The molecule has 0 saturated carbocycles. The standard InChI is InChI=1S/C60H90O6/c1-4-7-10-13-16-19-22-24-26-28-30-32-33-35-38-41-44-47-50-53-59(62)65-56-57(55-64-58(61)52-49-46-43-40-37-21-18-15-12-9-6-3)66-60(63)54-51-48-45-42-39-36-34-31-29-27-25-23-20-17-14-11-8-5-2/h7,10-11,13-20,22-35,38,57H,4-6,8-9,12,21,36-37,39-56H2,1-3H3/b10-7-,14-11-,16-13-,18-15-,20-17-,22-19-,25-23-,26-24-,29-27-,30-28+,33-32-,34-31-,38-35-. The van der Waals surface area contributed by atoms with Crippen LogP contribution in [0.1, 0.15) is 181 Å². The van der Waals surface area contributed by atoms with E-state index in [0.717, 1.165) is 103 Å². The van der Waals surface area contributed by atoms with E-state index in [1.54, 1.807) is 0 Å². The molecule has 0 bridgehead atoms. The summed E-state index contributed by atoms with van der Waals surface area (Å²) in [7, 11) is 0. The van der Waals surface area contributed by atoms with Crippen molar-refractivity contribution in [2.24, 2.45) is 0 Å². The Kier molecular flexibility index (Phi) is 48.7. The second kappa shape index (κ2) is 52.7. The molecule has 0 aliphatic rings. The number of hydrogen-bond acceptors (Lipinski definition) is 6. The van der Waals surface area contributed by atoms with E-state index in [1.807, 2.05) is 109 Å². The van der Waals surface area contributed by atoms with Gasteiger partial charge in [0.25, 0.3) is 0 Å². The first kappa shape index (κ1) is 61.0. The zero-order chi connectivity index (χ0) is 47.9. The predicted octanol–water partition coefficient (Wildman–Crippen LogP) is 17.0. The Bertz CT molecular complexity index is 1560. The van der Waals surface area contributed by atoms with Crippen molar-refractivity contribution >= 4 is 17.9 Å². The Hall–Kier alpha value is -4.97. The highest BCUT2D eigenvalue weighted by molar-refractivity contribution is 5.71. The summed E-state index contributed by atoms with van der Waals surface area (Å²) in [5.74, 6) is -1.01. The van der Waals surface area contributed by atoms with Crippen LogP contribution in [0.5, 0.6) is 0 Å². The first-order chi connectivity index (χ1) is 32.5. The first-order valence-electron chi connectivity index (χ1n) is 25.7. The highest BCUT2D eigenvalue weighted by atomic mass is 16.6. The van der Waals surface area contributed by atoms with Crippen molar-refractivity contribution in [3.05, 3.63) is 158 Å². The second-order valence-electron chi connectivity index (χ2n) is 16.3. The summed E-state index contributed by atoms with van der Waals surface area (Å²) in [5, 5.41) is 0. The minimum atomic E-state index is -0.822. The van der Waals surface area contributed by atoms with Gasteiger partial charge >= 0.3 is 17.9 Å². The maximum Gasteiger partial charge on any atom is 0.306 e. The highest BCUT2D eigenvalue weighted by Gasteiger charge is 2.19. The molecule has 6 heteroatoms. The lowest BCUT2D eigenvalue weighted by Crippen LogP contribution is -2.30. The average molecular weight is 907 g/mol. The number of hydrogen-bond donors (Lipinski definition) is 0. The van der Waals surface area contributed by atoms with Crippen molar-refractivity contribution in [1.29, 1.82) is 0 Å². The third-order valence-corrected chi connectivity index (χ3v) is 10.0. The van der Waals surface area contributed by atoms with E-state index < -0.39 is 6.10 Å². The lowest BCUT2D eigenvalue weighted by atomic mass is 10.1. The fourth-order valence-corrected chi connectivity index (χ4v) is 6.20. The molecule has 0 aliphatic heterocycles. The minimum absolute atomic E-state index is 0.116. The van der Waals surface area contributed by atoms with E-state index in [0.29, 0.717) is 12.8 Å². The third kappa shape index (κ3) is 50.0. The van der Waals surface area contributed by atoms with Gasteiger partial charge in [-0.15, -0.1) is 0 Å². The number of rotatable bonds is 43. The normalized spacial score (nSPS) is 13.4. The largest absolute Gasteiger partial charge is 0.462 e. The van der Waals surface area contributed by atoms with Gasteiger partial charge in [0.1, 0.15) is 13.2 Å². The minimum Gasteiger partial charge on any atom is -0.462 e. The van der Waals surface area contributed by atoms with E-state index >= 15 is 0 Å². The summed E-state index contributed by atoms with van der Waals surface area (Å²) in [6.07, 6.45) is 76.4. The molecule has 0 spiro atoms. The molecule has 6 nitrogen and oxygen atoms in total. The zero-order valence-electron chi connectivity index (χ0n) is 41.6. The molecule has 1 unspecified atom stereocenters. The molecule has 0 heterocycles. The molecule has 0 rings (SSSR count). The molecular weight excluding hydrogens is 817 g/mol. The lowest BCUT2D eigenvalue weighted by Gasteiger charge is -2.18. The van der Waals surface area contributed by atoms with Gasteiger partial charge in [-0.05, 0) is 77.0 Å². The van der Waals surface area contributed by atoms with E-state index in [-0.39, 0.29) is 44.0 Å². The Morgan fingerprint density at radius 2 is 0.636 bits per heavy atom. The van der Waals surface area contributed by atoms with E-state index in [4.69, 9.17) is 14.2 Å². The van der Waals surface area contributed by atoms with Crippen LogP contribution in [0.3, 0.4) is 0 Å². The van der Waals surface area contributed by atoms with Crippen LogP contribution in [-0.4, -0.2) is 37.2 Å². The van der Waals surface area contributed by atoms with E-state index in [9.17, 15) is 14.4 Å². The van der Waals surface area contributed by atoms with Crippen molar-refractivity contribution in [2.75, 3.05) is 13.2 Å². The molecule has 0 radical (unpaired) electrons. The van der Waals surface area contributed by atoms with Gasteiger partial charge in [0.2, 0.25) is 0 Å². The molecule has 0 aromatic heterocycles. The van der Waals surface area contributed by atoms with Crippen LogP contribution in [-0.2, 0) is 28.6 Å². The monoisotopic (exact) mass is 907 g/mol. The summed E-state index contributed by atoms with van der Waals surface area (Å²) >= 11 is 0. The summed E-state index contributed by atoms with van der Waals surface area (Å²) in [4.78, 5) is 38.0. The molecule has 366 valence electrons. The molecule has 0 fully saturated rings. The molecule has 0 aliphatic carbocycles. The number of ether oxygens (including phenoxy) is 3. The van der Waals surface area contributed by atoms with Crippen LogP contribution in [0, 0.1) is 0 Å². The fraction of sp³-hybridized carbons (Fsp3) is 0.517. The quantitative estimate of drug-likeness (QED) is 0.0199. The Morgan fingerprint density at radius 1 is 0.318 bits per heavy atom. The SMILES string of the molecule is CC\C=C/C=C\C=C/C=C\C=C\C=C/C=C\CCCCCC(=O)OCC(COC(=O)CCCCCCC/C=C\CCCC)OC(=O)CCCCCCC\C=C/C=C\C=C/C=C\C=C/CCC. The molecule has 0 aromatic carbocycles. The van der Waals surface area contributed by atoms with Crippen LogP contribution < -0.4 is 0 Å². The average Bonchev–Trinajstić information content (AvgIpc) is 3.31. The van der Waals surface area contributed by atoms with Crippen LogP contribution >= 0.6 is 0 Å². The third-order valence-electron chi connectivity index (χ3n) is 10.0. The second-order valence-corrected chi connectivity index (χ2v) is 16.3. The van der Waals surface area contributed by atoms with Crippen molar-refractivity contribution in [2.45, 2.75) is 187 Å². The number of carbonyl (C=O) groups excluding carboxylic acids is 3. The van der Waals surface area contributed by atoms with Gasteiger partial charge in [-0.25, -0.2) is 0 Å². The summed E-state index contributed by atoms with van der Waals surface area (Å²) in [5.41, 5.74) is 0. The predicted molar refractivity (Wildman–Crippen MR) is 283 cm³/mol. The Balaban J connectivity index is 4.59. The van der Waals surface area contributed by atoms with E-state index in [2.05, 4.69) is 69.4 Å². The maximum absolute atomic E-state index is 12.8. The maximum atomic E-state index is 12.8. The van der Waals surface area contributed by atoms with E-state index in [1.165, 1.54) is 32.1 Å². The lowest BCUT2D eigenvalue weighted by molar-refractivity contribution is -0.167. The van der Waals surface area contributed by atoms with Crippen molar-refractivity contribution in [3.8, 4) is 0 Å². The van der Waals surface area contributed by atoms with Gasteiger partial charge in [0, 0.05) is 19.3 Å². The summed E-state index contributed by atoms with van der Waals surface area (Å²) in [6.45, 7) is 6.26. The van der Waals surface area contributed by atoms with Gasteiger partial charge < -0.3 is 14.2 Å². The number of allylic oxidation sites excluding steroid dienone is 26. The van der Waals surface area contributed by atoms with Gasteiger partial charge in [0.15, 0.2) is 6.10 Å². The van der Waals surface area contributed by atoms with Crippen molar-refractivity contribution in [3.63, 3.8) is 0 Å². The fourth-order valence-electron chi connectivity index (χ4n) is 6.20. The van der Waals surface area contributed by atoms with Crippen LogP contribution in [0.4, 0.5) is 0 Å². The summed E-state index contributed by atoms with van der Waals surface area (Å²) in [6, 6.07) is 0. The van der Waals surface area contributed by atoms with Crippen molar-refractivity contribution < 1.29 is 28.6 Å². The topological polar surface area (TPSA) is 78.9 Å². The van der Waals surface area contributed by atoms with Gasteiger partial charge in [-0.2, -0.15) is 0 Å². The summed E-state index contributed by atoms with van der Waals surface area (Å²) < 4.78 is 16.7. The molecule has 66 heavy (non-hydrogen) atoms. The first-order valence-corrected chi connectivity index (χ1v) is 25.7. The van der Waals surface area contributed by atoms with Crippen LogP contribution in [0.25, 0.3) is 0 Å². The van der Waals surface area contributed by atoms with Gasteiger partial charge in [0.05, 0.1) is 0 Å². The van der Waals surface area contributed by atoms with Gasteiger partial charge in [-0.1, -0.05) is 243 Å². The van der Waals surface area contributed by atoms with Crippen LogP contribution in [0.15, 0.2) is 158 Å². The molecule has 1 atom stereocenters. The molecule has 0 aromatic rings. The van der Waals surface area contributed by atoms with Crippen molar-refractivity contribution in [1.82, 2.24) is 0 Å². The number of carbonyl (C=O) groups is 3. The highest BCUT2D eigenvalue weighted by Crippen LogP contribution is 2.12. The molecule has 0 saturated heterocycles. The molecule has 0 N–H and O–H groups in total. The van der Waals surface area contributed by atoms with Crippen LogP contribution in [0.2, 0.25) is 0 Å². The molecule has 0 amide bonds. The number of unbranched alkanes of at least 4 members (excludes halogenated alkanes) is 16. The van der Waals surface area contributed by atoms with Gasteiger partial charge in [-0.3, -0.25) is 14.4 Å².